The van der Waals surface area contributed by atoms with Gasteiger partial charge >= 0.3 is 0 Å². The molecule has 27 heavy (non-hydrogen) atoms. The summed E-state index contributed by atoms with van der Waals surface area (Å²) in [6.45, 7) is 4.34. The SMILES string of the molecule is CCC[C@H]1C[C@]2(C(C)Cc3ccc(OC)c(C(N)=O)c3)OCOC2=CC1=O. The fourth-order valence-electron chi connectivity index (χ4n) is 4.20. The van der Waals surface area contributed by atoms with Gasteiger partial charge in [-0.25, -0.2) is 0 Å². The lowest BCUT2D eigenvalue weighted by Crippen LogP contribution is -2.45. The Labute approximate surface area is 159 Å². The van der Waals surface area contributed by atoms with Crippen molar-refractivity contribution in [1.29, 1.82) is 0 Å². The van der Waals surface area contributed by atoms with Crippen LogP contribution in [0.15, 0.2) is 30.0 Å². The number of fused-ring (bicyclic) bond motifs is 1. The van der Waals surface area contributed by atoms with E-state index < -0.39 is 11.5 Å². The van der Waals surface area contributed by atoms with Gasteiger partial charge in [0.15, 0.2) is 12.6 Å². The van der Waals surface area contributed by atoms with Gasteiger partial charge in [0.1, 0.15) is 17.1 Å². The van der Waals surface area contributed by atoms with Gasteiger partial charge in [0.2, 0.25) is 0 Å². The lowest BCUT2D eigenvalue weighted by Gasteiger charge is -2.38. The van der Waals surface area contributed by atoms with Gasteiger partial charge in [0.05, 0.1) is 12.7 Å². The second kappa shape index (κ2) is 7.72. The number of rotatable bonds is 7. The van der Waals surface area contributed by atoms with Crippen LogP contribution in [0, 0.1) is 11.8 Å². The number of primary amides is 1. The summed E-state index contributed by atoms with van der Waals surface area (Å²) in [6.07, 6.45) is 4.71. The monoisotopic (exact) mass is 373 g/mol. The minimum atomic E-state index is -0.597. The van der Waals surface area contributed by atoms with E-state index in [-0.39, 0.29) is 24.4 Å². The van der Waals surface area contributed by atoms with Crippen molar-refractivity contribution in [2.45, 2.75) is 45.1 Å². The first kappa shape index (κ1) is 19.4. The Kier molecular flexibility index (Phi) is 5.56. The highest BCUT2D eigenvalue weighted by atomic mass is 16.7. The van der Waals surface area contributed by atoms with Crippen LogP contribution in [0.3, 0.4) is 0 Å². The van der Waals surface area contributed by atoms with Gasteiger partial charge in [-0.2, -0.15) is 0 Å². The predicted octanol–water partition coefficient (Wildman–Crippen LogP) is 2.99. The number of carbonyl (C=O) groups excluding carboxylic acids is 2. The van der Waals surface area contributed by atoms with E-state index in [1.807, 2.05) is 6.07 Å². The zero-order valence-corrected chi connectivity index (χ0v) is 16.1. The zero-order valence-electron chi connectivity index (χ0n) is 16.1. The van der Waals surface area contributed by atoms with Gasteiger partial charge in [0, 0.05) is 12.0 Å². The van der Waals surface area contributed by atoms with Gasteiger partial charge < -0.3 is 19.9 Å². The molecule has 2 N–H and O–H groups in total. The third-order valence-corrected chi connectivity index (χ3v) is 5.68. The second-order valence-corrected chi connectivity index (χ2v) is 7.40. The maximum absolute atomic E-state index is 12.4. The number of hydrogen-bond acceptors (Lipinski definition) is 5. The van der Waals surface area contributed by atoms with Crippen molar-refractivity contribution in [3.8, 4) is 5.75 Å². The fraction of sp³-hybridized carbons (Fsp3) is 0.524. The Morgan fingerprint density at radius 3 is 2.89 bits per heavy atom. The van der Waals surface area contributed by atoms with Gasteiger partial charge in [-0.1, -0.05) is 26.3 Å². The van der Waals surface area contributed by atoms with Crippen molar-refractivity contribution in [2.24, 2.45) is 17.6 Å². The summed E-state index contributed by atoms with van der Waals surface area (Å²) in [5, 5.41) is 0. The number of benzene rings is 1. The first-order valence-corrected chi connectivity index (χ1v) is 9.40. The van der Waals surface area contributed by atoms with E-state index in [4.69, 9.17) is 19.9 Å². The molecule has 0 saturated carbocycles. The van der Waals surface area contributed by atoms with Crippen LogP contribution in [-0.4, -0.2) is 31.2 Å². The average molecular weight is 373 g/mol. The van der Waals surface area contributed by atoms with Crippen molar-refractivity contribution in [1.82, 2.24) is 0 Å². The van der Waals surface area contributed by atoms with Gasteiger partial charge in [-0.05, 0) is 42.9 Å². The van der Waals surface area contributed by atoms with Gasteiger partial charge in [0.25, 0.3) is 5.91 Å². The molecule has 1 aliphatic carbocycles. The number of ketones is 1. The molecular weight excluding hydrogens is 346 g/mol. The highest BCUT2D eigenvalue weighted by Crippen LogP contribution is 2.46. The van der Waals surface area contributed by atoms with Crippen molar-refractivity contribution < 1.29 is 23.8 Å². The van der Waals surface area contributed by atoms with Crippen molar-refractivity contribution >= 4 is 11.7 Å². The molecule has 1 heterocycles. The molecule has 1 unspecified atom stereocenters. The van der Waals surface area contributed by atoms with Crippen LogP contribution in [0.5, 0.6) is 5.75 Å². The van der Waals surface area contributed by atoms with Crippen LogP contribution in [0.4, 0.5) is 0 Å². The maximum Gasteiger partial charge on any atom is 0.252 e. The largest absolute Gasteiger partial charge is 0.496 e. The van der Waals surface area contributed by atoms with Crippen LogP contribution in [0.25, 0.3) is 0 Å². The topological polar surface area (TPSA) is 87.8 Å². The molecule has 0 spiro atoms. The first-order chi connectivity index (χ1) is 12.9. The van der Waals surface area contributed by atoms with E-state index in [1.165, 1.54) is 7.11 Å². The Morgan fingerprint density at radius 2 is 2.22 bits per heavy atom. The summed E-state index contributed by atoms with van der Waals surface area (Å²) < 4.78 is 16.9. The molecule has 146 valence electrons. The average Bonchev–Trinajstić information content (AvgIpc) is 3.06. The molecule has 0 bridgehead atoms. The van der Waals surface area contributed by atoms with Crippen molar-refractivity contribution in [3.63, 3.8) is 0 Å². The predicted molar refractivity (Wildman–Crippen MR) is 100 cm³/mol. The number of allylic oxidation sites excluding steroid dienone is 1. The third kappa shape index (κ3) is 3.58. The number of carbonyl (C=O) groups is 2. The maximum atomic E-state index is 12.4. The zero-order chi connectivity index (χ0) is 19.6. The summed E-state index contributed by atoms with van der Waals surface area (Å²) in [7, 11) is 1.51. The smallest absolute Gasteiger partial charge is 0.252 e. The summed E-state index contributed by atoms with van der Waals surface area (Å²) >= 11 is 0. The lowest BCUT2D eigenvalue weighted by molar-refractivity contribution is -0.123. The number of amides is 1. The number of ether oxygens (including phenoxy) is 3. The molecule has 1 aromatic carbocycles. The Morgan fingerprint density at radius 1 is 1.44 bits per heavy atom. The van der Waals surface area contributed by atoms with Crippen LogP contribution in [0.1, 0.15) is 49.0 Å². The molecule has 1 fully saturated rings. The fourth-order valence-corrected chi connectivity index (χ4v) is 4.20. The first-order valence-electron chi connectivity index (χ1n) is 9.40. The molecular formula is C21H27NO5. The second-order valence-electron chi connectivity index (χ2n) is 7.40. The molecule has 2 aliphatic rings. The molecule has 0 radical (unpaired) electrons. The quantitative estimate of drug-likeness (QED) is 0.794. The molecule has 3 atom stereocenters. The van der Waals surface area contributed by atoms with E-state index in [0.717, 1.165) is 18.4 Å². The highest BCUT2D eigenvalue weighted by molar-refractivity contribution is 5.96. The Hall–Kier alpha value is -2.34. The number of hydrogen-bond donors (Lipinski definition) is 1. The molecule has 1 saturated heterocycles. The van der Waals surface area contributed by atoms with Crippen LogP contribution in [-0.2, 0) is 20.7 Å². The number of nitrogens with two attached hydrogens (primary N) is 1. The minimum Gasteiger partial charge on any atom is -0.496 e. The van der Waals surface area contributed by atoms with Gasteiger partial charge in [-0.15, -0.1) is 0 Å². The Bertz CT molecular complexity index is 772. The van der Waals surface area contributed by atoms with Crippen LogP contribution < -0.4 is 10.5 Å². The molecule has 0 aromatic heterocycles. The number of methoxy groups -OCH3 is 1. The van der Waals surface area contributed by atoms with Crippen molar-refractivity contribution in [3.05, 3.63) is 41.2 Å². The molecule has 1 amide bonds. The van der Waals surface area contributed by atoms with E-state index >= 15 is 0 Å². The summed E-state index contributed by atoms with van der Waals surface area (Å²) in [5.74, 6) is 0.723. The third-order valence-electron chi connectivity index (χ3n) is 5.68. The van der Waals surface area contributed by atoms with E-state index in [9.17, 15) is 9.59 Å². The molecule has 6 heteroatoms. The lowest BCUT2D eigenvalue weighted by atomic mass is 9.71. The molecule has 6 nitrogen and oxygen atoms in total. The van der Waals surface area contributed by atoms with E-state index in [1.54, 1.807) is 18.2 Å². The van der Waals surface area contributed by atoms with Crippen LogP contribution in [0.2, 0.25) is 0 Å². The summed E-state index contributed by atoms with van der Waals surface area (Å²) in [5.41, 5.74) is 6.20. The van der Waals surface area contributed by atoms with Crippen molar-refractivity contribution in [2.75, 3.05) is 13.9 Å². The normalized spacial score (nSPS) is 25.4. The summed E-state index contributed by atoms with van der Waals surface area (Å²) in [6, 6.07) is 5.45. The Balaban J connectivity index is 1.87. The molecule has 1 aromatic rings. The van der Waals surface area contributed by atoms with Crippen LogP contribution >= 0.6 is 0 Å². The van der Waals surface area contributed by atoms with E-state index in [0.29, 0.717) is 29.9 Å². The minimum absolute atomic E-state index is 0.0417. The van der Waals surface area contributed by atoms with Gasteiger partial charge in [-0.3, -0.25) is 9.59 Å². The summed E-state index contributed by atoms with van der Waals surface area (Å²) in [4.78, 5) is 24.1. The highest BCUT2D eigenvalue weighted by Gasteiger charge is 2.51. The van der Waals surface area contributed by atoms with E-state index in [2.05, 4.69) is 13.8 Å². The standard InChI is InChI=1S/C21H27NO5/c1-4-5-15-11-21(19(10-17(15)23)26-12-27-21)13(2)8-14-6-7-18(25-3)16(9-14)20(22)24/h6-7,9-10,13,15H,4-5,8,11-12H2,1-3H3,(H2,22,24)/t13?,15-,21+/m0/s1. The molecule has 3 rings (SSSR count). The molecule has 1 aliphatic heterocycles.